The van der Waals surface area contributed by atoms with Crippen molar-refractivity contribution < 1.29 is 4.73 Å². The Morgan fingerprint density at radius 3 is 2.39 bits per heavy atom. The maximum Gasteiger partial charge on any atom is 0.231 e. The molecule has 3 aromatic rings. The highest BCUT2D eigenvalue weighted by Crippen LogP contribution is 2.26. The number of fused-ring (bicyclic) bond motifs is 1. The number of benzene rings is 2. The van der Waals surface area contributed by atoms with Crippen LogP contribution in [0.2, 0.25) is 0 Å². The highest BCUT2D eigenvalue weighted by molar-refractivity contribution is 5.91. The van der Waals surface area contributed by atoms with Gasteiger partial charge in [-0.25, -0.2) is 0 Å². The first-order valence-corrected chi connectivity index (χ1v) is 5.95. The Bertz CT molecular complexity index is 705. The first-order valence-electron chi connectivity index (χ1n) is 5.95. The maximum absolute atomic E-state index is 12.2. The maximum atomic E-state index is 12.2. The number of para-hydroxylation sites is 1. The fourth-order valence-electron chi connectivity index (χ4n) is 2.23. The van der Waals surface area contributed by atoms with Crippen molar-refractivity contribution in [1.82, 2.24) is 0 Å². The zero-order valence-electron chi connectivity index (χ0n) is 10.1. The molecule has 0 unspecified atom stereocenters. The Morgan fingerprint density at radius 2 is 1.61 bits per heavy atom. The van der Waals surface area contributed by atoms with E-state index in [2.05, 4.69) is 0 Å². The van der Waals surface area contributed by atoms with Gasteiger partial charge in [-0.2, -0.15) is 4.73 Å². The SMILES string of the molecule is Cc1ccc2cccc(-c3ccccc3)c2[n+]1[O-]. The summed E-state index contributed by atoms with van der Waals surface area (Å²) in [6.07, 6.45) is 0. The van der Waals surface area contributed by atoms with Crippen LogP contribution in [0.15, 0.2) is 60.7 Å². The van der Waals surface area contributed by atoms with Gasteiger partial charge in [-0.05, 0) is 23.8 Å². The van der Waals surface area contributed by atoms with Gasteiger partial charge in [-0.3, -0.25) is 0 Å². The lowest BCUT2D eigenvalue weighted by molar-refractivity contribution is -0.583. The van der Waals surface area contributed by atoms with Crippen LogP contribution in [0.1, 0.15) is 5.69 Å². The summed E-state index contributed by atoms with van der Waals surface area (Å²) >= 11 is 0. The number of pyridine rings is 1. The monoisotopic (exact) mass is 235 g/mol. The van der Waals surface area contributed by atoms with Gasteiger partial charge in [0.15, 0.2) is 5.69 Å². The number of nitrogens with zero attached hydrogens (tertiary/aromatic N) is 1. The molecule has 88 valence electrons. The minimum absolute atomic E-state index is 0.714. The zero-order valence-corrected chi connectivity index (χ0v) is 10.1. The van der Waals surface area contributed by atoms with E-state index in [0.717, 1.165) is 26.8 Å². The molecule has 0 aliphatic heterocycles. The van der Waals surface area contributed by atoms with E-state index >= 15 is 0 Å². The predicted octanol–water partition coefficient (Wildman–Crippen LogP) is 3.45. The van der Waals surface area contributed by atoms with E-state index in [1.807, 2.05) is 67.6 Å². The minimum Gasteiger partial charge on any atom is -0.618 e. The second-order valence-corrected chi connectivity index (χ2v) is 4.38. The average molecular weight is 235 g/mol. The summed E-state index contributed by atoms with van der Waals surface area (Å²) in [6, 6.07) is 19.8. The van der Waals surface area contributed by atoms with E-state index in [4.69, 9.17) is 0 Å². The van der Waals surface area contributed by atoms with Crippen molar-refractivity contribution in [3.05, 3.63) is 71.6 Å². The molecule has 2 heteroatoms. The molecular formula is C16H13NO. The van der Waals surface area contributed by atoms with E-state index in [0.29, 0.717) is 5.69 Å². The number of hydrogen-bond donors (Lipinski definition) is 0. The molecule has 2 nitrogen and oxygen atoms in total. The van der Waals surface area contributed by atoms with Crippen LogP contribution in [0.5, 0.6) is 0 Å². The van der Waals surface area contributed by atoms with Crippen molar-refractivity contribution in [2.75, 3.05) is 0 Å². The third-order valence-corrected chi connectivity index (χ3v) is 3.18. The topological polar surface area (TPSA) is 26.9 Å². The van der Waals surface area contributed by atoms with Crippen LogP contribution in [0.3, 0.4) is 0 Å². The minimum atomic E-state index is 0.714. The van der Waals surface area contributed by atoms with Crippen molar-refractivity contribution in [2.24, 2.45) is 0 Å². The van der Waals surface area contributed by atoms with Gasteiger partial charge < -0.3 is 5.21 Å². The molecule has 2 aromatic carbocycles. The first-order chi connectivity index (χ1) is 8.77. The lowest BCUT2D eigenvalue weighted by Gasteiger charge is -2.09. The summed E-state index contributed by atoms with van der Waals surface area (Å²) < 4.78 is 1.01. The third-order valence-electron chi connectivity index (χ3n) is 3.18. The lowest BCUT2D eigenvalue weighted by atomic mass is 10.0. The van der Waals surface area contributed by atoms with Gasteiger partial charge in [0.25, 0.3) is 0 Å². The molecule has 0 spiro atoms. The molecule has 0 fully saturated rings. The van der Waals surface area contributed by atoms with Gasteiger partial charge >= 0.3 is 0 Å². The Kier molecular flexibility index (Phi) is 2.49. The molecule has 0 aliphatic carbocycles. The molecular weight excluding hydrogens is 222 g/mol. The summed E-state index contributed by atoms with van der Waals surface area (Å²) in [5.74, 6) is 0. The zero-order chi connectivity index (χ0) is 12.5. The van der Waals surface area contributed by atoms with Crippen molar-refractivity contribution in [2.45, 2.75) is 6.92 Å². The Hall–Kier alpha value is -2.35. The second-order valence-electron chi connectivity index (χ2n) is 4.38. The number of rotatable bonds is 1. The van der Waals surface area contributed by atoms with Crippen molar-refractivity contribution in [3.8, 4) is 11.1 Å². The van der Waals surface area contributed by atoms with Crippen LogP contribution in [0.25, 0.3) is 22.0 Å². The Balaban J connectivity index is 2.40. The predicted molar refractivity (Wildman–Crippen MR) is 73.1 cm³/mol. The Morgan fingerprint density at radius 1 is 0.833 bits per heavy atom. The van der Waals surface area contributed by atoms with E-state index in [1.54, 1.807) is 0 Å². The summed E-state index contributed by atoms with van der Waals surface area (Å²) in [5, 5.41) is 13.2. The number of aryl methyl sites for hydroxylation is 1. The highest BCUT2D eigenvalue weighted by Gasteiger charge is 2.13. The molecule has 0 radical (unpaired) electrons. The van der Waals surface area contributed by atoms with E-state index in [-0.39, 0.29) is 0 Å². The summed E-state index contributed by atoms with van der Waals surface area (Å²) in [7, 11) is 0. The van der Waals surface area contributed by atoms with Gasteiger partial charge in [0, 0.05) is 18.4 Å². The van der Waals surface area contributed by atoms with Gasteiger partial charge in [0.05, 0.1) is 5.56 Å². The third kappa shape index (κ3) is 1.63. The molecule has 0 atom stereocenters. The molecule has 0 N–H and O–H groups in total. The molecule has 18 heavy (non-hydrogen) atoms. The standard InChI is InChI=1S/C16H13NO/c1-12-10-11-14-8-5-9-15(16(14)17(12)18)13-6-3-2-4-7-13/h2-11H,1H3. The van der Waals surface area contributed by atoms with E-state index in [1.165, 1.54) is 0 Å². The van der Waals surface area contributed by atoms with Gasteiger partial charge in [-0.15, -0.1) is 0 Å². The van der Waals surface area contributed by atoms with Crippen molar-refractivity contribution in [3.63, 3.8) is 0 Å². The fourth-order valence-corrected chi connectivity index (χ4v) is 2.23. The smallest absolute Gasteiger partial charge is 0.231 e. The fraction of sp³-hybridized carbons (Fsp3) is 0.0625. The summed E-state index contributed by atoms with van der Waals surface area (Å²) in [4.78, 5) is 0. The number of hydrogen-bond acceptors (Lipinski definition) is 1. The normalized spacial score (nSPS) is 10.7. The van der Waals surface area contributed by atoms with Crippen molar-refractivity contribution in [1.29, 1.82) is 0 Å². The Labute approximate surface area is 106 Å². The molecule has 0 amide bonds. The molecule has 1 aromatic heterocycles. The van der Waals surface area contributed by atoms with Crippen LogP contribution in [0.4, 0.5) is 0 Å². The van der Waals surface area contributed by atoms with Crippen LogP contribution >= 0.6 is 0 Å². The largest absolute Gasteiger partial charge is 0.618 e. The van der Waals surface area contributed by atoms with Crippen LogP contribution < -0.4 is 4.73 Å². The molecule has 3 rings (SSSR count). The second kappa shape index (κ2) is 4.15. The van der Waals surface area contributed by atoms with Crippen LogP contribution in [0, 0.1) is 12.1 Å². The van der Waals surface area contributed by atoms with E-state index in [9.17, 15) is 5.21 Å². The molecule has 0 bridgehead atoms. The van der Waals surface area contributed by atoms with Gasteiger partial charge in [0.2, 0.25) is 5.52 Å². The van der Waals surface area contributed by atoms with Crippen LogP contribution in [-0.2, 0) is 0 Å². The van der Waals surface area contributed by atoms with Gasteiger partial charge in [-0.1, -0.05) is 36.4 Å². The highest BCUT2D eigenvalue weighted by atomic mass is 16.5. The molecule has 0 saturated heterocycles. The van der Waals surface area contributed by atoms with E-state index < -0.39 is 0 Å². The molecule has 0 aliphatic rings. The quantitative estimate of drug-likeness (QED) is 0.469. The number of aromatic nitrogens is 1. The molecule has 1 heterocycles. The van der Waals surface area contributed by atoms with Crippen LogP contribution in [-0.4, -0.2) is 0 Å². The molecule has 0 saturated carbocycles. The first kappa shape index (κ1) is 10.8. The average Bonchev–Trinajstić information content (AvgIpc) is 2.43. The van der Waals surface area contributed by atoms with Gasteiger partial charge in [0.1, 0.15) is 0 Å². The summed E-state index contributed by atoms with van der Waals surface area (Å²) in [5.41, 5.74) is 3.50. The van der Waals surface area contributed by atoms with Crippen molar-refractivity contribution >= 4 is 10.9 Å². The summed E-state index contributed by atoms with van der Waals surface area (Å²) in [6.45, 7) is 1.83. The lowest BCUT2D eigenvalue weighted by Crippen LogP contribution is -2.31.